The van der Waals surface area contributed by atoms with Gasteiger partial charge >= 0.3 is 6.18 Å². The van der Waals surface area contributed by atoms with E-state index < -0.39 is 18.0 Å². The van der Waals surface area contributed by atoms with E-state index in [9.17, 15) is 13.2 Å². The van der Waals surface area contributed by atoms with E-state index in [2.05, 4.69) is 10.4 Å². The predicted octanol–water partition coefficient (Wildman–Crippen LogP) is 3.45. The maximum absolute atomic E-state index is 12.7. The molecule has 0 aliphatic heterocycles. The maximum atomic E-state index is 12.7. The van der Waals surface area contributed by atoms with Gasteiger partial charge in [-0.25, -0.2) is 0 Å². The summed E-state index contributed by atoms with van der Waals surface area (Å²) in [5.41, 5.74) is 0.927. The molecule has 24 heavy (non-hydrogen) atoms. The van der Waals surface area contributed by atoms with Crippen LogP contribution in [-0.4, -0.2) is 29.0 Å². The second-order valence-corrected chi connectivity index (χ2v) is 5.18. The quantitative estimate of drug-likeness (QED) is 0.820. The molecule has 0 saturated carbocycles. The van der Waals surface area contributed by atoms with Crippen molar-refractivity contribution in [3.8, 4) is 17.3 Å². The average molecular weight is 338 g/mol. The van der Waals surface area contributed by atoms with Crippen LogP contribution in [0, 0.1) is 11.3 Å². The summed E-state index contributed by atoms with van der Waals surface area (Å²) in [6.45, 7) is 2.57. The lowest BCUT2D eigenvalue weighted by molar-refractivity contribution is -0.141. The minimum atomic E-state index is -4.46. The van der Waals surface area contributed by atoms with Gasteiger partial charge < -0.3 is 10.1 Å². The molecule has 0 amide bonds. The number of aryl methyl sites for hydroxylation is 1. The van der Waals surface area contributed by atoms with Gasteiger partial charge in [0.05, 0.1) is 18.4 Å². The number of ether oxygens (including phenoxy) is 1. The highest BCUT2D eigenvalue weighted by Gasteiger charge is 2.34. The highest BCUT2D eigenvalue weighted by molar-refractivity contribution is 5.63. The summed E-state index contributed by atoms with van der Waals surface area (Å²) in [4.78, 5) is 0. The van der Waals surface area contributed by atoms with Gasteiger partial charge in [0.25, 0.3) is 0 Å². The number of rotatable bonds is 6. The molecule has 0 fully saturated rings. The molecule has 1 atom stereocenters. The summed E-state index contributed by atoms with van der Waals surface area (Å²) in [7, 11) is 1.48. The number of benzene rings is 1. The van der Waals surface area contributed by atoms with E-state index in [1.165, 1.54) is 11.7 Å². The average Bonchev–Trinajstić information content (AvgIpc) is 2.94. The molecular formula is C16H17F3N4O. The van der Waals surface area contributed by atoms with E-state index in [0.29, 0.717) is 24.4 Å². The minimum Gasteiger partial charge on any atom is -0.383 e. The lowest BCUT2D eigenvalue weighted by Gasteiger charge is -2.09. The Labute approximate surface area is 137 Å². The maximum Gasteiger partial charge on any atom is 0.435 e. The van der Waals surface area contributed by atoms with Gasteiger partial charge in [0.1, 0.15) is 6.10 Å². The first kappa shape index (κ1) is 17.8. The highest BCUT2D eigenvalue weighted by Crippen LogP contribution is 2.31. The zero-order valence-corrected chi connectivity index (χ0v) is 13.3. The van der Waals surface area contributed by atoms with E-state index in [1.807, 2.05) is 6.07 Å². The van der Waals surface area contributed by atoms with Crippen molar-refractivity contribution in [1.29, 1.82) is 5.26 Å². The van der Waals surface area contributed by atoms with E-state index >= 15 is 0 Å². The van der Waals surface area contributed by atoms with Gasteiger partial charge in [-0.1, -0.05) is 12.1 Å². The molecule has 128 valence electrons. The van der Waals surface area contributed by atoms with Crippen molar-refractivity contribution in [2.45, 2.75) is 19.2 Å². The molecule has 0 spiro atoms. The van der Waals surface area contributed by atoms with Crippen LogP contribution >= 0.6 is 0 Å². The van der Waals surface area contributed by atoms with Crippen molar-refractivity contribution in [2.75, 3.05) is 18.5 Å². The normalized spacial score (nSPS) is 12.7. The Morgan fingerprint density at radius 1 is 1.33 bits per heavy atom. The van der Waals surface area contributed by atoms with Crippen molar-refractivity contribution in [3.63, 3.8) is 0 Å². The Morgan fingerprint density at radius 3 is 2.54 bits per heavy atom. The largest absolute Gasteiger partial charge is 0.435 e. The third kappa shape index (κ3) is 4.49. The topological polar surface area (TPSA) is 62.9 Å². The molecule has 0 aliphatic carbocycles. The Morgan fingerprint density at radius 2 is 2.00 bits per heavy atom. The first-order valence-corrected chi connectivity index (χ1v) is 7.28. The van der Waals surface area contributed by atoms with E-state index in [0.717, 1.165) is 11.8 Å². The number of nitriles is 1. The molecule has 1 heterocycles. The molecular weight excluding hydrogens is 321 g/mol. The number of aromatic nitrogens is 2. The summed E-state index contributed by atoms with van der Waals surface area (Å²) < 4.78 is 44.5. The second-order valence-electron chi connectivity index (χ2n) is 5.18. The summed E-state index contributed by atoms with van der Waals surface area (Å²) in [5, 5.41) is 15.2. The monoisotopic (exact) mass is 338 g/mol. The van der Waals surface area contributed by atoms with Crippen LogP contribution in [0.1, 0.15) is 12.6 Å². The molecule has 5 nitrogen and oxygen atoms in total. The van der Waals surface area contributed by atoms with Gasteiger partial charge in [-0.05, 0) is 30.7 Å². The summed E-state index contributed by atoms with van der Waals surface area (Å²) in [6.07, 6.45) is -4.92. The van der Waals surface area contributed by atoms with Crippen LogP contribution in [0.25, 0.3) is 11.3 Å². The standard InChI is InChI=1S/C16H17F3N4O/c1-11(10-20)24-8-7-21-13-5-3-12(4-6-13)14-9-15(16(17,18)19)22-23(14)2/h3-6,9,11,21H,7-8H2,1-2H3. The molecule has 2 rings (SSSR count). The number of nitrogens with one attached hydrogen (secondary N) is 1. The van der Waals surface area contributed by atoms with E-state index in [-0.39, 0.29) is 0 Å². The summed E-state index contributed by atoms with van der Waals surface area (Å²) in [5.74, 6) is 0. The zero-order chi connectivity index (χ0) is 17.7. The Bertz CT molecular complexity index is 716. The second kappa shape index (κ2) is 7.36. The van der Waals surface area contributed by atoms with Gasteiger partial charge in [0.15, 0.2) is 5.69 Å². The highest BCUT2D eigenvalue weighted by atomic mass is 19.4. The fraction of sp³-hybridized carbons (Fsp3) is 0.375. The van der Waals surface area contributed by atoms with Crippen LogP contribution in [0.3, 0.4) is 0 Å². The molecule has 1 N–H and O–H groups in total. The van der Waals surface area contributed by atoms with Gasteiger partial charge in [-0.15, -0.1) is 0 Å². The first-order chi connectivity index (χ1) is 11.3. The number of alkyl halides is 3. The number of hydrogen-bond acceptors (Lipinski definition) is 4. The van der Waals surface area contributed by atoms with Gasteiger partial charge in [-0.3, -0.25) is 4.68 Å². The third-order valence-electron chi connectivity index (χ3n) is 3.33. The zero-order valence-electron chi connectivity index (χ0n) is 13.3. The van der Waals surface area contributed by atoms with E-state index in [1.54, 1.807) is 31.2 Å². The van der Waals surface area contributed by atoms with Crippen LogP contribution in [0.15, 0.2) is 30.3 Å². The molecule has 8 heteroatoms. The number of nitrogens with zero attached hydrogens (tertiary/aromatic N) is 3. The van der Waals surface area contributed by atoms with Crippen LogP contribution in [-0.2, 0) is 18.0 Å². The number of halogens is 3. The third-order valence-corrected chi connectivity index (χ3v) is 3.33. The van der Waals surface area contributed by atoms with Crippen molar-refractivity contribution in [3.05, 3.63) is 36.0 Å². The molecule has 0 aliphatic rings. The van der Waals surface area contributed by atoms with Crippen molar-refractivity contribution < 1.29 is 17.9 Å². The van der Waals surface area contributed by atoms with E-state index in [4.69, 9.17) is 10.00 Å². The molecule has 1 aromatic heterocycles. The minimum absolute atomic E-state index is 0.382. The number of hydrogen-bond donors (Lipinski definition) is 1. The molecule has 0 radical (unpaired) electrons. The van der Waals surface area contributed by atoms with Crippen LogP contribution in [0.4, 0.5) is 18.9 Å². The van der Waals surface area contributed by atoms with Crippen LogP contribution in [0.2, 0.25) is 0 Å². The summed E-state index contributed by atoms with van der Waals surface area (Å²) >= 11 is 0. The van der Waals surface area contributed by atoms with Crippen molar-refractivity contribution >= 4 is 5.69 Å². The first-order valence-electron chi connectivity index (χ1n) is 7.28. The van der Waals surface area contributed by atoms with Gasteiger partial charge in [0, 0.05) is 19.3 Å². The molecule has 0 saturated heterocycles. The summed E-state index contributed by atoms with van der Waals surface area (Å²) in [6, 6.07) is 9.97. The van der Waals surface area contributed by atoms with Crippen LogP contribution < -0.4 is 5.32 Å². The smallest absolute Gasteiger partial charge is 0.383 e. The fourth-order valence-electron chi connectivity index (χ4n) is 2.10. The SMILES string of the molecule is CC(C#N)OCCNc1ccc(-c2cc(C(F)(F)F)nn2C)cc1. The Kier molecular flexibility index (Phi) is 5.46. The molecule has 1 aromatic carbocycles. The lowest BCUT2D eigenvalue weighted by Crippen LogP contribution is -2.14. The Hall–Kier alpha value is -2.53. The molecule has 2 aromatic rings. The van der Waals surface area contributed by atoms with Gasteiger partial charge in [0.2, 0.25) is 0 Å². The van der Waals surface area contributed by atoms with Crippen molar-refractivity contribution in [2.24, 2.45) is 7.05 Å². The molecule has 1 unspecified atom stereocenters. The lowest BCUT2D eigenvalue weighted by atomic mass is 10.1. The van der Waals surface area contributed by atoms with Gasteiger partial charge in [-0.2, -0.15) is 23.5 Å². The Balaban J connectivity index is 2.00. The predicted molar refractivity (Wildman–Crippen MR) is 83.2 cm³/mol. The number of anilines is 1. The molecule has 0 bridgehead atoms. The van der Waals surface area contributed by atoms with Crippen molar-refractivity contribution in [1.82, 2.24) is 9.78 Å². The fourth-order valence-corrected chi connectivity index (χ4v) is 2.10. The van der Waals surface area contributed by atoms with Crippen LogP contribution in [0.5, 0.6) is 0 Å².